The third kappa shape index (κ3) is 11.7. The number of carboxylic acids is 1. The van der Waals surface area contributed by atoms with E-state index in [9.17, 15) is 19.7 Å². The SMILES string of the molecule is CC(C)(C)OC(=O)NC(N)=NCCCCC(N[N+](=O)[O-])C(=O)O. The number of nitro groups is 1. The fourth-order valence-electron chi connectivity index (χ4n) is 1.48. The fraction of sp³-hybridized carbons (Fsp3) is 0.750. The number of carbonyl (C=O) groups is 2. The van der Waals surface area contributed by atoms with Gasteiger partial charge in [0, 0.05) is 6.54 Å². The number of hydrogen-bond acceptors (Lipinski definition) is 6. The Morgan fingerprint density at radius 2 is 2.00 bits per heavy atom. The Morgan fingerprint density at radius 3 is 2.48 bits per heavy atom. The number of hydrogen-bond donors (Lipinski definition) is 4. The number of aliphatic carboxylic acids is 1. The van der Waals surface area contributed by atoms with Gasteiger partial charge in [-0.2, -0.15) is 0 Å². The van der Waals surface area contributed by atoms with E-state index >= 15 is 0 Å². The molecule has 0 rings (SSSR count). The van der Waals surface area contributed by atoms with Gasteiger partial charge in [0.25, 0.3) is 0 Å². The quantitative estimate of drug-likeness (QED) is 0.161. The molecule has 0 aliphatic rings. The summed E-state index contributed by atoms with van der Waals surface area (Å²) in [6.07, 6.45) is 0.200. The van der Waals surface area contributed by atoms with E-state index in [0.717, 1.165) is 0 Å². The van der Waals surface area contributed by atoms with Gasteiger partial charge in [-0.1, -0.05) is 0 Å². The van der Waals surface area contributed by atoms with Gasteiger partial charge in [-0.05, 0) is 40.0 Å². The van der Waals surface area contributed by atoms with Crippen LogP contribution in [0.1, 0.15) is 40.0 Å². The number of aliphatic imine (C=N–C) groups is 1. The molecule has 0 aromatic rings. The Balaban J connectivity index is 4.06. The van der Waals surface area contributed by atoms with E-state index in [-0.39, 0.29) is 18.9 Å². The average molecular weight is 333 g/mol. The monoisotopic (exact) mass is 333 g/mol. The number of nitrogens with one attached hydrogen (secondary N) is 2. The van der Waals surface area contributed by atoms with Crippen LogP contribution in [0.4, 0.5) is 4.79 Å². The number of nitrogens with two attached hydrogens (primary N) is 1. The number of carboxylic acid groups (broad SMARTS) is 1. The molecule has 0 fully saturated rings. The van der Waals surface area contributed by atoms with E-state index in [0.29, 0.717) is 12.8 Å². The van der Waals surface area contributed by atoms with Crippen molar-refractivity contribution in [3.8, 4) is 0 Å². The van der Waals surface area contributed by atoms with Crippen molar-refractivity contribution in [2.45, 2.75) is 51.7 Å². The Labute approximate surface area is 133 Å². The molecule has 0 aromatic carbocycles. The van der Waals surface area contributed by atoms with Crippen LogP contribution in [0, 0.1) is 10.1 Å². The standard InChI is InChI=1S/C12H23N5O6/c1-12(2,3)23-11(20)15-10(13)14-7-5-4-6-8(9(18)19)16-17(21)22/h8,16H,4-7H2,1-3H3,(H,18,19)(H3,13,14,15,20). The van der Waals surface area contributed by atoms with Crippen LogP contribution in [0.3, 0.4) is 0 Å². The maximum Gasteiger partial charge on any atom is 0.414 e. The molecule has 0 radical (unpaired) electrons. The van der Waals surface area contributed by atoms with Crippen molar-refractivity contribution in [2.24, 2.45) is 10.7 Å². The van der Waals surface area contributed by atoms with Crippen molar-refractivity contribution in [1.82, 2.24) is 10.7 Å². The van der Waals surface area contributed by atoms with Crippen LogP contribution in [-0.2, 0) is 9.53 Å². The first-order chi connectivity index (χ1) is 10.5. The highest BCUT2D eigenvalue weighted by Gasteiger charge is 2.21. The third-order valence-corrected chi connectivity index (χ3v) is 2.37. The number of guanidine groups is 1. The van der Waals surface area contributed by atoms with Crippen molar-refractivity contribution in [3.63, 3.8) is 0 Å². The van der Waals surface area contributed by atoms with Gasteiger partial charge in [0.05, 0.1) is 0 Å². The number of alkyl carbamates (subject to hydrolysis) is 1. The predicted molar refractivity (Wildman–Crippen MR) is 81.3 cm³/mol. The first-order valence-corrected chi connectivity index (χ1v) is 6.94. The lowest BCUT2D eigenvalue weighted by Gasteiger charge is -2.19. The Kier molecular flexibility index (Phi) is 8.37. The summed E-state index contributed by atoms with van der Waals surface area (Å²) in [6.45, 7) is 5.36. The summed E-state index contributed by atoms with van der Waals surface area (Å²) >= 11 is 0. The van der Waals surface area contributed by atoms with Crippen LogP contribution < -0.4 is 16.5 Å². The van der Waals surface area contributed by atoms with Gasteiger partial charge in [-0.25, -0.2) is 19.7 Å². The molecule has 0 heterocycles. The number of unbranched alkanes of at least 4 members (excludes halogenated alkanes) is 1. The molecule has 5 N–H and O–H groups in total. The molecule has 11 heteroatoms. The molecule has 0 aliphatic carbocycles. The van der Waals surface area contributed by atoms with Gasteiger partial charge < -0.3 is 15.6 Å². The Bertz CT molecular complexity index is 459. The zero-order valence-electron chi connectivity index (χ0n) is 13.4. The molecule has 23 heavy (non-hydrogen) atoms. The zero-order chi connectivity index (χ0) is 18.0. The van der Waals surface area contributed by atoms with Gasteiger partial charge in [0.1, 0.15) is 5.60 Å². The molecule has 1 unspecified atom stereocenters. The molecule has 1 amide bonds. The summed E-state index contributed by atoms with van der Waals surface area (Å²) < 4.78 is 4.98. The van der Waals surface area contributed by atoms with Crippen LogP contribution in [0.25, 0.3) is 0 Å². The number of rotatable bonds is 8. The van der Waals surface area contributed by atoms with E-state index in [1.165, 1.54) is 0 Å². The van der Waals surface area contributed by atoms with E-state index in [2.05, 4.69) is 10.3 Å². The van der Waals surface area contributed by atoms with Gasteiger partial charge in [-0.15, -0.1) is 5.43 Å². The second-order valence-corrected chi connectivity index (χ2v) is 5.67. The highest BCUT2D eigenvalue weighted by atomic mass is 16.7. The number of nitrogens with zero attached hydrogens (tertiary/aromatic N) is 2. The fourth-order valence-corrected chi connectivity index (χ4v) is 1.48. The highest BCUT2D eigenvalue weighted by molar-refractivity contribution is 5.92. The minimum atomic E-state index is -1.30. The Hall–Kier alpha value is -2.59. The molecule has 0 spiro atoms. The smallest absolute Gasteiger partial charge is 0.414 e. The summed E-state index contributed by atoms with van der Waals surface area (Å²) in [7, 11) is 0. The maximum absolute atomic E-state index is 11.4. The largest absolute Gasteiger partial charge is 0.480 e. The molecule has 0 aromatic heterocycles. The third-order valence-electron chi connectivity index (χ3n) is 2.37. The minimum Gasteiger partial charge on any atom is -0.480 e. The molecular formula is C12H23N5O6. The summed E-state index contributed by atoms with van der Waals surface area (Å²) in [5.74, 6) is -1.41. The molecule has 1 atom stereocenters. The lowest BCUT2D eigenvalue weighted by molar-refractivity contribution is -0.549. The predicted octanol–water partition coefficient (Wildman–Crippen LogP) is 0.231. The molecule has 11 nitrogen and oxygen atoms in total. The van der Waals surface area contributed by atoms with Crippen molar-refractivity contribution in [2.75, 3.05) is 6.54 Å². The molecular weight excluding hydrogens is 310 g/mol. The van der Waals surface area contributed by atoms with Gasteiger partial charge in [0.15, 0.2) is 17.0 Å². The summed E-state index contributed by atoms with van der Waals surface area (Å²) in [6, 6.07) is -1.26. The normalized spacial score (nSPS) is 13.1. The van der Waals surface area contributed by atoms with E-state index < -0.39 is 28.7 Å². The Morgan fingerprint density at radius 1 is 1.39 bits per heavy atom. The molecule has 0 saturated carbocycles. The van der Waals surface area contributed by atoms with Gasteiger partial charge >= 0.3 is 12.1 Å². The lowest BCUT2D eigenvalue weighted by atomic mass is 10.1. The van der Waals surface area contributed by atoms with Crippen LogP contribution in [0.5, 0.6) is 0 Å². The molecule has 0 aliphatic heterocycles. The number of carbonyl (C=O) groups excluding carboxylic acids is 1. The first kappa shape index (κ1) is 20.4. The summed E-state index contributed by atoms with van der Waals surface area (Å²) in [4.78, 5) is 36.3. The maximum atomic E-state index is 11.4. The van der Waals surface area contributed by atoms with E-state index in [1.54, 1.807) is 26.2 Å². The number of ether oxygens (including phenoxy) is 1. The van der Waals surface area contributed by atoms with Crippen molar-refractivity contribution in [3.05, 3.63) is 10.1 Å². The van der Waals surface area contributed by atoms with Crippen molar-refractivity contribution in [1.29, 1.82) is 0 Å². The van der Waals surface area contributed by atoms with Crippen LogP contribution >= 0.6 is 0 Å². The lowest BCUT2D eigenvalue weighted by Crippen LogP contribution is -2.40. The molecule has 0 saturated heterocycles. The average Bonchev–Trinajstić information content (AvgIpc) is 2.33. The van der Waals surface area contributed by atoms with E-state index in [4.69, 9.17) is 15.6 Å². The minimum absolute atomic E-state index is 0.0746. The topological polar surface area (TPSA) is 169 Å². The molecule has 132 valence electrons. The van der Waals surface area contributed by atoms with E-state index in [1.807, 2.05) is 0 Å². The van der Waals surface area contributed by atoms with Gasteiger partial charge in [-0.3, -0.25) is 10.3 Å². The second kappa shape index (κ2) is 9.43. The van der Waals surface area contributed by atoms with Crippen LogP contribution in [-0.4, -0.2) is 46.3 Å². The van der Waals surface area contributed by atoms with Crippen LogP contribution in [0.2, 0.25) is 0 Å². The number of amides is 1. The van der Waals surface area contributed by atoms with Crippen molar-refractivity contribution >= 4 is 18.0 Å². The number of hydrazine groups is 1. The zero-order valence-corrected chi connectivity index (χ0v) is 13.4. The first-order valence-electron chi connectivity index (χ1n) is 6.94. The molecule has 0 bridgehead atoms. The summed E-state index contributed by atoms with van der Waals surface area (Å²) in [5, 5.41) is 20.4. The summed E-state index contributed by atoms with van der Waals surface area (Å²) in [5.41, 5.74) is 6.55. The highest BCUT2D eigenvalue weighted by Crippen LogP contribution is 2.06. The second-order valence-electron chi connectivity index (χ2n) is 5.67. The van der Waals surface area contributed by atoms with Crippen molar-refractivity contribution < 1.29 is 24.5 Å². The van der Waals surface area contributed by atoms with Gasteiger partial charge in [0.2, 0.25) is 0 Å². The van der Waals surface area contributed by atoms with Crippen LogP contribution in [0.15, 0.2) is 4.99 Å².